The Balaban J connectivity index is 1.76. The quantitative estimate of drug-likeness (QED) is 0.636. The van der Waals surface area contributed by atoms with E-state index < -0.39 is 6.23 Å². The van der Waals surface area contributed by atoms with Gasteiger partial charge in [0.1, 0.15) is 0 Å². The van der Waals surface area contributed by atoms with Crippen LogP contribution in [0.25, 0.3) is 0 Å². The monoisotopic (exact) mass is 282 g/mol. The van der Waals surface area contributed by atoms with E-state index in [0.717, 1.165) is 28.7 Å². The summed E-state index contributed by atoms with van der Waals surface area (Å²) in [5, 5.41) is 21.8. The summed E-state index contributed by atoms with van der Waals surface area (Å²) < 4.78 is 0.776. The Morgan fingerprint density at radius 1 is 1.24 bits per heavy atom. The number of amides is 1. The normalized spacial score (nSPS) is 23.3. The highest BCUT2D eigenvalue weighted by molar-refractivity contribution is 5.99. The maximum atomic E-state index is 12.6. The van der Waals surface area contributed by atoms with Gasteiger partial charge in [-0.05, 0) is 24.5 Å². The molecule has 1 aromatic carbocycles. The van der Waals surface area contributed by atoms with Gasteiger partial charge in [0, 0.05) is 22.8 Å². The van der Waals surface area contributed by atoms with Gasteiger partial charge >= 0.3 is 0 Å². The minimum Gasteiger partial charge on any atom is -0.619 e. The minimum atomic E-state index is -0.913. The maximum Gasteiger partial charge on any atom is 0.257 e. The molecular weight excluding hydrogens is 268 g/mol. The van der Waals surface area contributed by atoms with Gasteiger partial charge in [-0.25, -0.2) is 0 Å². The number of benzene rings is 1. The molecule has 0 saturated heterocycles. The zero-order chi connectivity index (χ0) is 14.6. The molecule has 5 nitrogen and oxygen atoms in total. The summed E-state index contributed by atoms with van der Waals surface area (Å²) in [6, 6.07) is 8.73. The van der Waals surface area contributed by atoms with E-state index in [-0.39, 0.29) is 11.9 Å². The van der Waals surface area contributed by atoms with Gasteiger partial charge in [0.25, 0.3) is 5.91 Å². The molecule has 1 aromatic heterocycles. The molecular formula is C16H14N2O3. The first-order valence-electron chi connectivity index (χ1n) is 6.98. The van der Waals surface area contributed by atoms with Gasteiger partial charge in [-0.3, -0.25) is 4.79 Å². The Kier molecular flexibility index (Phi) is 2.53. The predicted octanol–water partition coefficient (Wildman–Crippen LogP) is 1.45. The molecule has 0 radical (unpaired) electrons. The van der Waals surface area contributed by atoms with Crippen LogP contribution in [0.15, 0.2) is 42.7 Å². The van der Waals surface area contributed by atoms with Crippen LogP contribution < -0.4 is 4.73 Å². The fraction of sp³-hybridized carbons (Fsp3) is 0.250. The van der Waals surface area contributed by atoms with E-state index >= 15 is 0 Å². The molecule has 1 aliphatic carbocycles. The van der Waals surface area contributed by atoms with Crippen LogP contribution in [0, 0.1) is 5.21 Å². The summed E-state index contributed by atoms with van der Waals surface area (Å²) >= 11 is 0. The number of nitrogens with zero attached hydrogens (tertiary/aromatic N) is 2. The molecule has 1 amide bonds. The van der Waals surface area contributed by atoms with E-state index in [1.54, 1.807) is 30.5 Å². The molecule has 0 fully saturated rings. The Morgan fingerprint density at radius 2 is 2.05 bits per heavy atom. The first-order chi connectivity index (χ1) is 10.2. The van der Waals surface area contributed by atoms with E-state index in [9.17, 15) is 15.1 Å². The number of rotatable bonds is 1. The van der Waals surface area contributed by atoms with Crippen molar-refractivity contribution < 1.29 is 14.6 Å². The summed E-state index contributed by atoms with van der Waals surface area (Å²) in [4.78, 5) is 14.1. The van der Waals surface area contributed by atoms with Crippen molar-refractivity contribution in [2.45, 2.75) is 25.1 Å². The van der Waals surface area contributed by atoms with Gasteiger partial charge in [-0.2, -0.15) is 4.73 Å². The van der Waals surface area contributed by atoms with Gasteiger partial charge < -0.3 is 15.2 Å². The lowest BCUT2D eigenvalue weighted by molar-refractivity contribution is -0.605. The molecule has 4 rings (SSSR count). The van der Waals surface area contributed by atoms with Crippen molar-refractivity contribution in [3.8, 4) is 0 Å². The third-order valence-corrected chi connectivity index (χ3v) is 4.40. The fourth-order valence-electron chi connectivity index (χ4n) is 3.43. The Bertz CT molecular complexity index is 744. The minimum absolute atomic E-state index is 0.144. The van der Waals surface area contributed by atoms with Crippen molar-refractivity contribution in [1.29, 1.82) is 0 Å². The largest absolute Gasteiger partial charge is 0.619 e. The van der Waals surface area contributed by atoms with E-state index in [4.69, 9.17) is 0 Å². The van der Waals surface area contributed by atoms with Crippen molar-refractivity contribution in [2.24, 2.45) is 0 Å². The molecule has 0 bridgehead atoms. The number of hydrogen-bond acceptors (Lipinski definition) is 3. The van der Waals surface area contributed by atoms with Crippen LogP contribution in [0.1, 0.15) is 45.7 Å². The number of pyridine rings is 1. The lowest BCUT2D eigenvalue weighted by Crippen LogP contribution is -2.32. The Labute approximate surface area is 121 Å². The van der Waals surface area contributed by atoms with Crippen LogP contribution in [0.2, 0.25) is 0 Å². The highest BCUT2D eigenvalue weighted by Gasteiger charge is 2.42. The molecule has 0 spiro atoms. The molecule has 2 unspecified atom stereocenters. The lowest BCUT2D eigenvalue weighted by atomic mass is 10.1. The van der Waals surface area contributed by atoms with Gasteiger partial charge in [0.05, 0.1) is 6.04 Å². The van der Waals surface area contributed by atoms with Crippen LogP contribution >= 0.6 is 0 Å². The van der Waals surface area contributed by atoms with Gasteiger partial charge in [0.2, 0.25) is 0 Å². The van der Waals surface area contributed by atoms with Gasteiger partial charge in [-0.1, -0.05) is 18.2 Å². The second kappa shape index (κ2) is 4.30. The third-order valence-electron chi connectivity index (χ3n) is 4.40. The number of aryl methyl sites for hydroxylation is 1. The van der Waals surface area contributed by atoms with E-state index in [0.29, 0.717) is 11.1 Å². The number of hydrogen-bond donors (Lipinski definition) is 1. The summed E-state index contributed by atoms with van der Waals surface area (Å²) in [7, 11) is 0. The summed E-state index contributed by atoms with van der Waals surface area (Å²) in [6.45, 7) is 0. The van der Waals surface area contributed by atoms with Crippen LogP contribution in [0.4, 0.5) is 0 Å². The topological polar surface area (TPSA) is 67.5 Å². The fourth-order valence-corrected chi connectivity index (χ4v) is 3.43. The maximum absolute atomic E-state index is 12.6. The Hall–Kier alpha value is -2.40. The Morgan fingerprint density at radius 3 is 2.86 bits per heavy atom. The zero-order valence-electron chi connectivity index (χ0n) is 11.3. The highest BCUT2D eigenvalue weighted by atomic mass is 16.5. The van der Waals surface area contributed by atoms with Crippen molar-refractivity contribution >= 4 is 5.91 Å². The average molecular weight is 282 g/mol. The summed E-state index contributed by atoms with van der Waals surface area (Å²) in [5.41, 5.74) is 3.13. The van der Waals surface area contributed by atoms with Crippen LogP contribution in [-0.2, 0) is 6.42 Å². The van der Waals surface area contributed by atoms with Crippen LogP contribution in [0.5, 0.6) is 0 Å². The van der Waals surface area contributed by atoms with Crippen molar-refractivity contribution in [3.05, 3.63) is 70.2 Å². The predicted molar refractivity (Wildman–Crippen MR) is 74.0 cm³/mol. The van der Waals surface area contributed by atoms with Crippen LogP contribution in [0.3, 0.4) is 0 Å². The van der Waals surface area contributed by atoms with E-state index in [1.807, 2.05) is 6.07 Å². The number of aromatic nitrogens is 1. The van der Waals surface area contributed by atoms with Gasteiger partial charge in [0.15, 0.2) is 18.6 Å². The molecule has 0 saturated carbocycles. The highest BCUT2D eigenvalue weighted by Crippen LogP contribution is 2.43. The molecule has 2 atom stereocenters. The standard InChI is InChI=1S/C16H14N2O3/c19-15-12-3-1-2-4-13(12)16(20)18(15)14-6-5-10-9-17(21)8-7-11(10)14/h1-4,7-9,14-15,19H,5-6H2. The molecule has 2 aliphatic rings. The van der Waals surface area contributed by atoms with E-state index in [1.165, 1.54) is 11.1 Å². The number of aliphatic hydroxyl groups excluding tert-OH is 1. The number of carbonyl (C=O) groups is 1. The number of fused-ring (bicyclic) bond motifs is 2. The molecule has 1 aliphatic heterocycles. The van der Waals surface area contributed by atoms with E-state index in [2.05, 4.69) is 0 Å². The second-order valence-electron chi connectivity index (χ2n) is 5.51. The molecule has 2 heterocycles. The van der Waals surface area contributed by atoms with Crippen molar-refractivity contribution in [1.82, 2.24) is 4.90 Å². The first kappa shape index (κ1) is 12.3. The second-order valence-corrected chi connectivity index (χ2v) is 5.51. The summed E-state index contributed by atoms with van der Waals surface area (Å²) in [6.07, 6.45) is 3.56. The summed E-state index contributed by atoms with van der Waals surface area (Å²) in [5.74, 6) is -0.144. The molecule has 21 heavy (non-hydrogen) atoms. The molecule has 2 aromatic rings. The van der Waals surface area contributed by atoms with Crippen LogP contribution in [-0.4, -0.2) is 15.9 Å². The number of carbonyl (C=O) groups excluding carboxylic acids is 1. The number of aliphatic hydroxyl groups is 1. The average Bonchev–Trinajstić information content (AvgIpc) is 2.99. The van der Waals surface area contributed by atoms with Gasteiger partial charge in [-0.15, -0.1) is 0 Å². The van der Waals surface area contributed by atoms with Crippen molar-refractivity contribution in [2.75, 3.05) is 0 Å². The van der Waals surface area contributed by atoms with Crippen molar-refractivity contribution in [3.63, 3.8) is 0 Å². The smallest absolute Gasteiger partial charge is 0.257 e. The molecule has 1 N–H and O–H groups in total. The third kappa shape index (κ3) is 1.67. The SMILES string of the molecule is O=C1c2ccccc2C(O)N1C1CCc2c[n+]([O-])ccc21. The zero-order valence-corrected chi connectivity index (χ0v) is 11.3. The first-order valence-corrected chi connectivity index (χ1v) is 6.98. The molecule has 5 heteroatoms. The molecule has 106 valence electrons. The lowest BCUT2D eigenvalue weighted by Gasteiger charge is -2.28.